The number of amidine groups is 1. The van der Waals surface area contributed by atoms with E-state index in [9.17, 15) is 9.59 Å². The van der Waals surface area contributed by atoms with Crippen LogP contribution in [-0.4, -0.2) is 36.1 Å². The Bertz CT molecular complexity index is 682. The van der Waals surface area contributed by atoms with Gasteiger partial charge in [-0.15, -0.1) is 0 Å². The molecule has 0 unspecified atom stereocenters. The molecule has 1 aromatic rings. The van der Waals surface area contributed by atoms with Crippen molar-refractivity contribution in [1.29, 1.82) is 0 Å². The molecule has 1 aliphatic rings. The van der Waals surface area contributed by atoms with Crippen molar-refractivity contribution < 1.29 is 14.3 Å². The topological polar surface area (TPSA) is 83.4 Å². The van der Waals surface area contributed by atoms with Gasteiger partial charge in [0, 0.05) is 22.2 Å². The molecule has 23 heavy (non-hydrogen) atoms. The molecular formula is C15H15IN4O3. The number of hydrogen-bond donors (Lipinski definition) is 1. The standard InChI is InChI=1S/C15H15IN4O3/c1-10(20-8-7-13(21)19-15(20)22)9-18-14(17-2)23-12-5-3-11(16)4-6-12/h3-6,9H,2,7-8H2,1H3,(H,19,21,22)/b10-9+,18-14+. The molecule has 8 heteroatoms. The van der Waals surface area contributed by atoms with Crippen molar-refractivity contribution in [3.05, 3.63) is 39.7 Å². The molecule has 0 atom stereocenters. The normalized spacial score (nSPS) is 16.2. The first kappa shape index (κ1) is 17.1. The molecule has 0 aliphatic carbocycles. The Labute approximate surface area is 147 Å². The van der Waals surface area contributed by atoms with E-state index in [4.69, 9.17) is 4.74 Å². The third kappa shape index (κ3) is 4.88. The van der Waals surface area contributed by atoms with Crippen molar-refractivity contribution in [2.75, 3.05) is 6.54 Å². The lowest BCUT2D eigenvalue weighted by Gasteiger charge is -2.26. The average Bonchev–Trinajstić information content (AvgIpc) is 2.53. The number of allylic oxidation sites excluding steroid dienone is 1. The van der Waals surface area contributed by atoms with E-state index in [0.717, 1.165) is 3.57 Å². The first-order valence-electron chi connectivity index (χ1n) is 6.75. The molecule has 0 radical (unpaired) electrons. The van der Waals surface area contributed by atoms with Gasteiger partial charge < -0.3 is 4.74 Å². The number of nitrogens with zero attached hydrogens (tertiary/aromatic N) is 3. The Balaban J connectivity index is 2.08. The van der Waals surface area contributed by atoms with E-state index >= 15 is 0 Å². The number of urea groups is 1. The Morgan fingerprint density at radius 2 is 2.09 bits per heavy atom. The molecule has 1 N–H and O–H groups in total. The van der Waals surface area contributed by atoms with Gasteiger partial charge in [0.05, 0.1) is 6.20 Å². The van der Waals surface area contributed by atoms with E-state index in [2.05, 4.69) is 44.6 Å². The average molecular weight is 426 g/mol. The van der Waals surface area contributed by atoms with Gasteiger partial charge in [-0.25, -0.2) is 14.8 Å². The Morgan fingerprint density at radius 1 is 1.39 bits per heavy atom. The molecule has 1 aromatic carbocycles. The largest absolute Gasteiger partial charge is 0.424 e. The number of imide groups is 1. The van der Waals surface area contributed by atoms with Crippen LogP contribution in [0.4, 0.5) is 4.79 Å². The van der Waals surface area contributed by atoms with E-state index in [1.165, 1.54) is 11.1 Å². The summed E-state index contributed by atoms with van der Waals surface area (Å²) in [5.74, 6) is 0.307. The molecule has 1 saturated heterocycles. The lowest BCUT2D eigenvalue weighted by Crippen LogP contribution is -2.48. The van der Waals surface area contributed by atoms with Crippen LogP contribution in [0.5, 0.6) is 5.75 Å². The highest BCUT2D eigenvalue weighted by atomic mass is 127. The molecule has 7 nitrogen and oxygen atoms in total. The first-order valence-corrected chi connectivity index (χ1v) is 7.83. The van der Waals surface area contributed by atoms with Gasteiger partial charge in [-0.05, 0) is 60.5 Å². The quantitative estimate of drug-likeness (QED) is 0.458. The van der Waals surface area contributed by atoms with Gasteiger partial charge in [0.25, 0.3) is 0 Å². The van der Waals surface area contributed by atoms with Gasteiger partial charge in [-0.2, -0.15) is 0 Å². The first-order chi connectivity index (χ1) is 11.0. The number of rotatable bonds is 3. The van der Waals surface area contributed by atoms with Crippen LogP contribution in [0.1, 0.15) is 13.3 Å². The van der Waals surface area contributed by atoms with Crippen LogP contribution in [0.25, 0.3) is 0 Å². The van der Waals surface area contributed by atoms with E-state index in [1.807, 2.05) is 12.1 Å². The zero-order chi connectivity index (χ0) is 16.8. The van der Waals surface area contributed by atoms with Gasteiger partial charge in [0.1, 0.15) is 5.75 Å². The minimum absolute atomic E-state index is 0.0686. The summed E-state index contributed by atoms with van der Waals surface area (Å²) in [6, 6.07) is 6.99. The van der Waals surface area contributed by atoms with E-state index < -0.39 is 6.03 Å². The molecule has 0 spiro atoms. The van der Waals surface area contributed by atoms with Crippen molar-refractivity contribution in [2.45, 2.75) is 13.3 Å². The zero-order valence-electron chi connectivity index (χ0n) is 12.5. The summed E-state index contributed by atoms with van der Waals surface area (Å²) in [7, 11) is 0. The smallest absolute Gasteiger partial charge is 0.328 e. The fourth-order valence-electron chi connectivity index (χ4n) is 1.83. The summed E-state index contributed by atoms with van der Waals surface area (Å²) in [4.78, 5) is 32.1. The molecule has 1 aliphatic heterocycles. The predicted octanol–water partition coefficient (Wildman–Crippen LogP) is 2.53. The van der Waals surface area contributed by atoms with Gasteiger partial charge in [0.2, 0.25) is 5.91 Å². The van der Waals surface area contributed by atoms with Crippen LogP contribution < -0.4 is 10.1 Å². The Morgan fingerprint density at radius 3 is 2.70 bits per heavy atom. The van der Waals surface area contributed by atoms with Crippen molar-refractivity contribution in [2.24, 2.45) is 9.98 Å². The summed E-state index contributed by atoms with van der Waals surface area (Å²) in [5.41, 5.74) is 0.572. The Kier molecular flexibility index (Phi) is 5.85. The number of ether oxygens (including phenoxy) is 1. The monoisotopic (exact) mass is 426 g/mol. The minimum Gasteiger partial charge on any atom is -0.424 e. The maximum Gasteiger partial charge on any atom is 0.328 e. The molecule has 3 amide bonds. The molecular weight excluding hydrogens is 411 g/mol. The number of hydrogen-bond acceptors (Lipinski definition) is 4. The highest BCUT2D eigenvalue weighted by Gasteiger charge is 2.23. The van der Waals surface area contributed by atoms with Crippen LogP contribution in [0.2, 0.25) is 0 Å². The van der Waals surface area contributed by atoms with Crippen molar-refractivity contribution in [1.82, 2.24) is 10.2 Å². The highest BCUT2D eigenvalue weighted by molar-refractivity contribution is 14.1. The summed E-state index contributed by atoms with van der Waals surface area (Å²) in [5, 5.41) is 2.25. The molecule has 2 rings (SSSR count). The Hall–Kier alpha value is -2.23. The number of carbonyl (C=O) groups excluding carboxylic acids is 2. The summed E-state index contributed by atoms with van der Waals surface area (Å²) in [6.45, 7) is 5.45. The second-order valence-electron chi connectivity index (χ2n) is 4.65. The summed E-state index contributed by atoms with van der Waals surface area (Å²) in [6.07, 6.45) is 1.71. The molecule has 0 bridgehead atoms. The second-order valence-corrected chi connectivity index (χ2v) is 5.90. The maximum absolute atomic E-state index is 11.7. The lowest BCUT2D eigenvalue weighted by atomic mass is 10.3. The fraction of sp³-hybridized carbons (Fsp3) is 0.200. The molecule has 0 aromatic heterocycles. The van der Waals surface area contributed by atoms with Gasteiger partial charge in [-0.3, -0.25) is 15.0 Å². The fourth-order valence-corrected chi connectivity index (χ4v) is 2.19. The number of amides is 3. The zero-order valence-corrected chi connectivity index (χ0v) is 14.6. The predicted molar refractivity (Wildman–Crippen MR) is 95.4 cm³/mol. The van der Waals surface area contributed by atoms with Gasteiger partial charge >= 0.3 is 12.1 Å². The van der Waals surface area contributed by atoms with Gasteiger partial charge in [0.15, 0.2) is 0 Å². The van der Waals surface area contributed by atoms with Crippen molar-refractivity contribution in [3.63, 3.8) is 0 Å². The van der Waals surface area contributed by atoms with Crippen LogP contribution in [0.3, 0.4) is 0 Å². The molecule has 1 heterocycles. The lowest BCUT2D eigenvalue weighted by molar-refractivity contribution is -0.121. The van der Waals surface area contributed by atoms with Crippen LogP contribution >= 0.6 is 22.6 Å². The number of aliphatic imine (C=N–C) groups is 2. The number of halogens is 1. The minimum atomic E-state index is -0.461. The van der Waals surface area contributed by atoms with Gasteiger partial charge in [-0.1, -0.05) is 0 Å². The number of nitrogens with one attached hydrogen (secondary N) is 1. The van der Waals surface area contributed by atoms with Crippen LogP contribution in [0, 0.1) is 3.57 Å². The summed E-state index contributed by atoms with van der Waals surface area (Å²) >= 11 is 2.19. The third-order valence-corrected chi connectivity index (χ3v) is 3.72. The molecule has 1 fully saturated rings. The van der Waals surface area contributed by atoms with Crippen LogP contribution in [0.15, 0.2) is 46.1 Å². The highest BCUT2D eigenvalue weighted by Crippen LogP contribution is 2.14. The van der Waals surface area contributed by atoms with Crippen LogP contribution in [-0.2, 0) is 4.79 Å². The number of benzene rings is 1. The number of carbonyl (C=O) groups is 2. The second kappa shape index (κ2) is 7.86. The maximum atomic E-state index is 11.7. The van der Waals surface area contributed by atoms with E-state index in [-0.39, 0.29) is 18.3 Å². The molecule has 0 saturated carbocycles. The van der Waals surface area contributed by atoms with Crippen molar-refractivity contribution >= 4 is 47.3 Å². The SMILES string of the molecule is C=N/C(=N\C=C(/C)N1CCC(=O)NC1=O)Oc1ccc(I)cc1. The summed E-state index contributed by atoms with van der Waals surface area (Å²) < 4.78 is 6.58. The third-order valence-electron chi connectivity index (χ3n) is 3.00. The van der Waals surface area contributed by atoms with E-state index in [0.29, 0.717) is 18.0 Å². The van der Waals surface area contributed by atoms with Crippen molar-refractivity contribution in [3.8, 4) is 5.75 Å². The molecule has 120 valence electrons. The van der Waals surface area contributed by atoms with E-state index in [1.54, 1.807) is 19.1 Å².